The van der Waals surface area contributed by atoms with Crippen molar-refractivity contribution in [1.29, 1.82) is 0 Å². The highest BCUT2D eigenvalue weighted by Crippen LogP contribution is 2.48. The number of carbonyl (C=O) groups is 4. The maximum Gasteiger partial charge on any atom is 0.333 e. The molecule has 0 radical (unpaired) electrons. The van der Waals surface area contributed by atoms with Gasteiger partial charge in [-0.25, -0.2) is 4.79 Å². The predicted molar refractivity (Wildman–Crippen MR) is 138 cm³/mol. The summed E-state index contributed by atoms with van der Waals surface area (Å²) in [6.45, 7) is 0.0608. The number of hydrogen-bond donors (Lipinski definition) is 1. The molecule has 2 aromatic carbocycles. The van der Waals surface area contributed by atoms with Gasteiger partial charge in [-0.15, -0.1) is 11.8 Å². The molecule has 2 saturated heterocycles. The van der Waals surface area contributed by atoms with E-state index >= 15 is 0 Å². The first kappa shape index (κ1) is 25.1. The molecular weight excluding hydrogens is 492 g/mol. The van der Waals surface area contributed by atoms with Crippen LogP contribution in [0.25, 0.3) is 0 Å². The van der Waals surface area contributed by atoms with Gasteiger partial charge in [0.25, 0.3) is 0 Å². The van der Waals surface area contributed by atoms with Crippen LogP contribution in [-0.2, 0) is 36.9 Å². The van der Waals surface area contributed by atoms with E-state index in [9.17, 15) is 19.2 Å². The van der Waals surface area contributed by atoms with E-state index in [1.165, 1.54) is 16.7 Å². The van der Waals surface area contributed by atoms with Gasteiger partial charge in [0.05, 0.1) is 13.5 Å². The lowest BCUT2D eigenvalue weighted by molar-refractivity contribution is -0.164. The zero-order chi connectivity index (χ0) is 25.9. The molecule has 1 aliphatic carbocycles. The number of fused-ring (bicyclic) bond motifs is 2. The van der Waals surface area contributed by atoms with Gasteiger partial charge in [0, 0.05) is 11.2 Å². The van der Waals surface area contributed by atoms with Crippen LogP contribution >= 0.6 is 11.8 Å². The van der Waals surface area contributed by atoms with Gasteiger partial charge in [-0.1, -0.05) is 48.5 Å². The van der Waals surface area contributed by atoms with E-state index in [1.54, 1.807) is 19.2 Å². The van der Waals surface area contributed by atoms with E-state index in [0.29, 0.717) is 18.6 Å². The molecule has 2 heterocycles. The Kier molecular flexibility index (Phi) is 7.32. The van der Waals surface area contributed by atoms with Crippen LogP contribution in [0, 0.1) is 5.92 Å². The van der Waals surface area contributed by atoms with Crippen LogP contribution in [0.2, 0.25) is 0 Å². The van der Waals surface area contributed by atoms with Gasteiger partial charge >= 0.3 is 5.97 Å². The third kappa shape index (κ3) is 5.13. The summed E-state index contributed by atoms with van der Waals surface area (Å²) in [7, 11) is 1.58. The molecule has 0 spiro atoms. The lowest BCUT2D eigenvalue weighted by Crippen LogP contribution is -2.75. The average Bonchev–Trinajstić information content (AvgIpc) is 2.94. The minimum absolute atomic E-state index is 0.0608. The Morgan fingerprint density at radius 2 is 1.86 bits per heavy atom. The maximum absolute atomic E-state index is 13.4. The fraction of sp³-hybridized carbons (Fsp3) is 0.357. The summed E-state index contributed by atoms with van der Waals surface area (Å²) in [5, 5.41) is 2.35. The van der Waals surface area contributed by atoms with Gasteiger partial charge in [0.1, 0.15) is 30.1 Å². The summed E-state index contributed by atoms with van der Waals surface area (Å²) in [6.07, 6.45) is 4.14. The lowest BCUT2D eigenvalue weighted by Gasteiger charge is -2.55. The number of nitrogens with zero attached hydrogens (tertiary/aromatic N) is 1. The molecule has 3 unspecified atom stereocenters. The van der Waals surface area contributed by atoms with Crippen molar-refractivity contribution in [2.24, 2.45) is 5.92 Å². The van der Waals surface area contributed by atoms with E-state index in [2.05, 4.69) is 5.32 Å². The van der Waals surface area contributed by atoms with Crippen LogP contribution in [-0.4, -0.2) is 58.8 Å². The number of hydrogen-bond acceptors (Lipinski definition) is 7. The van der Waals surface area contributed by atoms with Gasteiger partial charge in [-0.05, 0) is 41.7 Å². The molecule has 2 fully saturated rings. The number of aldehydes is 1. The number of thioether (sulfide) groups is 1. The number of carbonyl (C=O) groups excluding carboxylic acids is 4. The number of allylic oxidation sites excluding steroid dienone is 1. The molecule has 0 bridgehead atoms. The first-order valence-corrected chi connectivity index (χ1v) is 13.2. The van der Waals surface area contributed by atoms with E-state index in [0.717, 1.165) is 23.0 Å². The van der Waals surface area contributed by atoms with Crippen LogP contribution in [0.3, 0.4) is 0 Å². The zero-order valence-electron chi connectivity index (χ0n) is 20.4. The van der Waals surface area contributed by atoms with Crippen molar-refractivity contribution in [2.75, 3.05) is 7.11 Å². The van der Waals surface area contributed by atoms with Crippen molar-refractivity contribution in [3.8, 4) is 5.75 Å². The normalized spacial score (nSPS) is 26.1. The molecule has 3 aliphatic rings. The molecule has 192 valence electrons. The molecule has 0 aromatic heterocycles. The number of β-lactam (4-membered cyclic amide) rings is 1. The zero-order valence-corrected chi connectivity index (χ0v) is 21.2. The Hall–Kier alpha value is -3.59. The van der Waals surface area contributed by atoms with Gasteiger partial charge in [0.2, 0.25) is 11.8 Å². The molecule has 2 amide bonds. The molecule has 8 nitrogen and oxygen atoms in total. The molecule has 5 rings (SSSR count). The summed E-state index contributed by atoms with van der Waals surface area (Å²) >= 11 is 1.53. The standard InChI is InChI=1S/C28H28N2O6S/c1-35-20-10-7-18(8-11-20)16-36-28(34)25-21-12-9-19(15-31)13-22(21)37-27-24(26(33)30(25)27)29-23(32)14-17-5-3-2-4-6-17/h2-8,10-12,15,19,22,24-25,27H,9,13-14,16H2,1H3,(H,29,32)/t19?,22?,24-,25?,27-/m1/s1. The highest BCUT2D eigenvalue weighted by atomic mass is 32.2. The second-order valence-corrected chi connectivity index (χ2v) is 10.7. The smallest absolute Gasteiger partial charge is 0.333 e. The maximum atomic E-state index is 13.4. The number of rotatable bonds is 8. The molecule has 2 aromatic rings. The fourth-order valence-electron chi connectivity index (χ4n) is 5.04. The minimum atomic E-state index is -0.864. The minimum Gasteiger partial charge on any atom is -0.497 e. The van der Waals surface area contributed by atoms with Crippen molar-refractivity contribution in [3.63, 3.8) is 0 Å². The first-order chi connectivity index (χ1) is 18.0. The Morgan fingerprint density at radius 1 is 1.11 bits per heavy atom. The van der Waals surface area contributed by atoms with Crippen molar-refractivity contribution in [3.05, 3.63) is 77.4 Å². The van der Waals surface area contributed by atoms with E-state index < -0.39 is 23.4 Å². The molecule has 0 saturated carbocycles. The van der Waals surface area contributed by atoms with Crippen molar-refractivity contribution >= 4 is 35.8 Å². The quantitative estimate of drug-likeness (QED) is 0.247. The lowest BCUT2D eigenvalue weighted by atomic mass is 9.84. The fourth-order valence-corrected chi connectivity index (χ4v) is 6.81. The molecule has 1 N–H and O–H groups in total. The third-order valence-corrected chi connectivity index (χ3v) is 8.57. The van der Waals surface area contributed by atoms with Crippen molar-refractivity contribution < 1.29 is 28.7 Å². The molecule has 2 aliphatic heterocycles. The van der Waals surface area contributed by atoms with Crippen LogP contribution < -0.4 is 10.1 Å². The molecule has 37 heavy (non-hydrogen) atoms. The van der Waals surface area contributed by atoms with Crippen molar-refractivity contribution in [1.82, 2.24) is 10.2 Å². The summed E-state index contributed by atoms with van der Waals surface area (Å²) in [6, 6.07) is 14.9. The third-order valence-electron chi connectivity index (χ3n) is 7.00. The van der Waals surface area contributed by atoms with Gasteiger partial charge in [0.15, 0.2) is 6.04 Å². The Balaban J connectivity index is 1.31. The summed E-state index contributed by atoms with van der Waals surface area (Å²) in [5.74, 6) is -0.495. The molecule has 5 atom stereocenters. The second-order valence-electron chi connectivity index (χ2n) is 9.40. The monoisotopic (exact) mass is 520 g/mol. The largest absolute Gasteiger partial charge is 0.497 e. The topological polar surface area (TPSA) is 102 Å². The number of benzene rings is 2. The number of nitrogens with one attached hydrogen (secondary N) is 1. The highest BCUT2D eigenvalue weighted by Gasteiger charge is 2.59. The van der Waals surface area contributed by atoms with Gasteiger partial charge < -0.3 is 24.5 Å². The van der Waals surface area contributed by atoms with Gasteiger partial charge in [-0.2, -0.15) is 0 Å². The number of ether oxygens (including phenoxy) is 2. The van der Waals surface area contributed by atoms with E-state index in [4.69, 9.17) is 9.47 Å². The highest BCUT2D eigenvalue weighted by molar-refractivity contribution is 8.00. The Bertz CT molecular complexity index is 1210. The van der Waals surface area contributed by atoms with Gasteiger partial charge in [-0.3, -0.25) is 9.59 Å². The van der Waals surface area contributed by atoms with Crippen LogP contribution in [0.4, 0.5) is 0 Å². The van der Waals surface area contributed by atoms with E-state index in [-0.39, 0.29) is 36.0 Å². The predicted octanol–water partition coefficient (Wildman–Crippen LogP) is 2.65. The first-order valence-electron chi connectivity index (χ1n) is 12.2. The van der Waals surface area contributed by atoms with E-state index in [1.807, 2.05) is 48.5 Å². The molecule has 9 heteroatoms. The number of methoxy groups -OCH3 is 1. The summed E-state index contributed by atoms with van der Waals surface area (Å²) in [5.41, 5.74) is 2.46. The molecular formula is C28H28N2O6S. The second kappa shape index (κ2) is 10.8. The number of amides is 2. The van der Waals surface area contributed by atoms with Crippen LogP contribution in [0.1, 0.15) is 24.0 Å². The average molecular weight is 521 g/mol. The Labute approximate surface area is 219 Å². The van der Waals surface area contributed by atoms with Crippen LogP contribution in [0.15, 0.2) is 66.2 Å². The Morgan fingerprint density at radius 3 is 2.57 bits per heavy atom. The van der Waals surface area contributed by atoms with Crippen molar-refractivity contribution in [2.45, 2.75) is 48.6 Å². The van der Waals surface area contributed by atoms with Crippen LogP contribution in [0.5, 0.6) is 5.75 Å². The summed E-state index contributed by atoms with van der Waals surface area (Å²) < 4.78 is 10.8. The SMILES string of the molecule is COc1ccc(COC(=O)C2C3=CCC(C=O)CC3S[C@@H]3[C@H](NC(=O)Cc4ccccc4)C(=O)N23)cc1. The summed E-state index contributed by atoms with van der Waals surface area (Å²) in [4.78, 5) is 52.3. The number of esters is 1.